The van der Waals surface area contributed by atoms with Gasteiger partial charge in [0.25, 0.3) is 0 Å². The van der Waals surface area contributed by atoms with Gasteiger partial charge in [0, 0.05) is 23.5 Å². The fourth-order valence-corrected chi connectivity index (χ4v) is 5.03. The largest absolute Gasteiger partial charge is 0.444 e. The Kier molecular flexibility index (Phi) is 6.96. The molecule has 0 saturated heterocycles. The number of thiophene rings is 1. The lowest BCUT2D eigenvalue weighted by atomic mass is 9.93. The van der Waals surface area contributed by atoms with Crippen molar-refractivity contribution in [3.05, 3.63) is 19.4 Å². The van der Waals surface area contributed by atoms with E-state index in [1.165, 1.54) is 26.2 Å². The minimum absolute atomic E-state index is 0.0583. The third-order valence-corrected chi connectivity index (χ3v) is 6.15. The van der Waals surface area contributed by atoms with E-state index in [2.05, 4.69) is 53.1 Å². The van der Waals surface area contributed by atoms with Crippen LogP contribution in [0.1, 0.15) is 63.9 Å². The van der Waals surface area contributed by atoms with Gasteiger partial charge in [0.15, 0.2) is 0 Å². The number of carbonyl (C=O) groups is 1. The van der Waals surface area contributed by atoms with E-state index >= 15 is 0 Å². The molecule has 2 rings (SSSR count). The van der Waals surface area contributed by atoms with E-state index < -0.39 is 5.60 Å². The highest BCUT2D eigenvalue weighted by Crippen LogP contribution is 2.36. The van der Waals surface area contributed by atoms with Gasteiger partial charge in [0.2, 0.25) is 0 Å². The van der Waals surface area contributed by atoms with Crippen molar-refractivity contribution in [1.82, 2.24) is 10.6 Å². The Labute approximate surface area is 163 Å². The molecule has 24 heavy (non-hydrogen) atoms. The van der Waals surface area contributed by atoms with Crippen LogP contribution in [-0.4, -0.2) is 24.3 Å². The smallest absolute Gasteiger partial charge is 0.407 e. The zero-order valence-corrected chi connectivity index (χ0v) is 18.2. The summed E-state index contributed by atoms with van der Waals surface area (Å²) in [5, 5.41) is 6.69. The number of amides is 1. The van der Waals surface area contributed by atoms with Crippen molar-refractivity contribution in [2.75, 3.05) is 6.54 Å². The number of aryl methyl sites for hydroxylation is 1. The molecule has 0 aliphatic heterocycles. The number of fused-ring (bicyclic) bond motifs is 1. The van der Waals surface area contributed by atoms with Crippen molar-refractivity contribution in [3.8, 4) is 0 Å². The maximum atomic E-state index is 12.1. The van der Waals surface area contributed by atoms with Crippen LogP contribution in [-0.2, 0) is 11.2 Å². The lowest BCUT2D eigenvalue weighted by Gasteiger charge is -2.29. The molecule has 0 saturated carbocycles. The van der Waals surface area contributed by atoms with Crippen molar-refractivity contribution >= 4 is 40.0 Å². The van der Waals surface area contributed by atoms with Gasteiger partial charge >= 0.3 is 6.09 Å². The number of halogens is 1. The Bertz CT molecular complexity index is 566. The van der Waals surface area contributed by atoms with Gasteiger partial charge in [-0.1, -0.05) is 13.8 Å². The lowest BCUT2D eigenvalue weighted by Crippen LogP contribution is -2.47. The van der Waals surface area contributed by atoms with Gasteiger partial charge in [0.05, 0.1) is 2.88 Å². The molecule has 4 nitrogen and oxygen atoms in total. The molecular formula is C18H29IN2O2S. The van der Waals surface area contributed by atoms with Gasteiger partial charge in [-0.2, -0.15) is 0 Å². The van der Waals surface area contributed by atoms with Gasteiger partial charge in [-0.15, -0.1) is 11.3 Å². The van der Waals surface area contributed by atoms with Crippen LogP contribution >= 0.6 is 33.9 Å². The molecule has 0 fully saturated rings. The molecule has 1 aromatic rings. The maximum absolute atomic E-state index is 12.1. The van der Waals surface area contributed by atoms with Gasteiger partial charge in [0.1, 0.15) is 5.60 Å². The standard InChI is InChI=1S/C18H29IN2O2S/c1-11(2)14(21-17(22)23-18(3,4)5)10-20-13-7-6-8-15-12(13)9-16(19)24-15/h9,11,13-14,20H,6-8,10H2,1-5H3,(H,21,22). The van der Waals surface area contributed by atoms with E-state index in [9.17, 15) is 4.79 Å². The van der Waals surface area contributed by atoms with Gasteiger partial charge in [-0.05, 0) is 80.2 Å². The zero-order chi connectivity index (χ0) is 17.9. The summed E-state index contributed by atoms with van der Waals surface area (Å²) in [5.41, 5.74) is 0.987. The molecule has 1 aromatic heterocycles. The minimum atomic E-state index is -0.468. The minimum Gasteiger partial charge on any atom is -0.444 e. The number of nitrogens with one attached hydrogen (secondary N) is 2. The first-order chi connectivity index (χ1) is 11.2. The predicted molar refractivity (Wildman–Crippen MR) is 109 cm³/mol. The number of alkyl carbamates (subject to hydrolysis) is 1. The summed E-state index contributed by atoms with van der Waals surface area (Å²) < 4.78 is 6.75. The van der Waals surface area contributed by atoms with Crippen LogP contribution in [0.2, 0.25) is 0 Å². The van der Waals surface area contributed by atoms with Gasteiger partial charge in [-0.3, -0.25) is 0 Å². The molecule has 1 amide bonds. The Hall–Kier alpha value is -0.340. The molecule has 2 unspecified atom stereocenters. The maximum Gasteiger partial charge on any atom is 0.407 e. The van der Waals surface area contributed by atoms with Crippen molar-refractivity contribution in [2.24, 2.45) is 5.92 Å². The average Bonchev–Trinajstić information content (AvgIpc) is 2.81. The highest BCUT2D eigenvalue weighted by molar-refractivity contribution is 14.1. The zero-order valence-electron chi connectivity index (χ0n) is 15.2. The second-order valence-corrected chi connectivity index (χ2v) is 10.8. The van der Waals surface area contributed by atoms with Crippen molar-refractivity contribution in [2.45, 2.75) is 71.6 Å². The Balaban J connectivity index is 1.94. The third kappa shape index (κ3) is 5.88. The quantitative estimate of drug-likeness (QED) is 0.612. The molecule has 2 atom stereocenters. The van der Waals surface area contributed by atoms with Crippen LogP contribution in [0, 0.1) is 8.80 Å². The first-order valence-electron chi connectivity index (χ1n) is 8.66. The van der Waals surface area contributed by atoms with E-state index in [1.807, 2.05) is 32.1 Å². The van der Waals surface area contributed by atoms with Crippen molar-refractivity contribution < 1.29 is 9.53 Å². The summed E-state index contributed by atoms with van der Waals surface area (Å²) in [6.07, 6.45) is 3.26. The Morgan fingerprint density at radius 1 is 1.46 bits per heavy atom. The van der Waals surface area contributed by atoms with Crippen LogP contribution in [0.25, 0.3) is 0 Å². The molecule has 2 N–H and O–H groups in total. The van der Waals surface area contributed by atoms with Crippen LogP contribution in [0.5, 0.6) is 0 Å². The molecule has 0 bridgehead atoms. The highest BCUT2D eigenvalue weighted by Gasteiger charge is 2.25. The molecule has 1 heterocycles. The fourth-order valence-electron chi connectivity index (χ4n) is 2.91. The second-order valence-electron chi connectivity index (χ2n) is 7.78. The summed E-state index contributed by atoms with van der Waals surface area (Å²) in [4.78, 5) is 13.6. The number of carbonyl (C=O) groups excluding carboxylic acids is 1. The number of ether oxygens (including phenoxy) is 1. The Morgan fingerprint density at radius 3 is 2.79 bits per heavy atom. The summed E-state index contributed by atoms with van der Waals surface area (Å²) >= 11 is 4.32. The molecule has 1 aliphatic rings. The topological polar surface area (TPSA) is 50.4 Å². The first-order valence-corrected chi connectivity index (χ1v) is 10.6. The summed E-state index contributed by atoms with van der Waals surface area (Å²) in [5.74, 6) is 0.343. The average molecular weight is 464 g/mol. The summed E-state index contributed by atoms with van der Waals surface area (Å²) in [6.45, 7) is 10.7. The molecule has 0 aromatic carbocycles. The van der Waals surface area contributed by atoms with Crippen LogP contribution < -0.4 is 10.6 Å². The fraction of sp³-hybridized carbons (Fsp3) is 0.722. The predicted octanol–water partition coefficient (Wildman–Crippen LogP) is 4.87. The SMILES string of the molecule is CC(C)C(CNC1CCCc2sc(I)cc21)NC(=O)OC(C)(C)C. The summed E-state index contributed by atoms with van der Waals surface area (Å²) in [6, 6.07) is 2.77. The van der Waals surface area contributed by atoms with Crippen LogP contribution in [0.15, 0.2) is 6.07 Å². The molecule has 136 valence electrons. The van der Waals surface area contributed by atoms with E-state index in [4.69, 9.17) is 4.74 Å². The monoisotopic (exact) mass is 464 g/mol. The van der Waals surface area contributed by atoms with E-state index in [0.29, 0.717) is 12.0 Å². The highest BCUT2D eigenvalue weighted by atomic mass is 127. The van der Waals surface area contributed by atoms with E-state index in [-0.39, 0.29) is 12.1 Å². The van der Waals surface area contributed by atoms with E-state index in [0.717, 1.165) is 13.0 Å². The van der Waals surface area contributed by atoms with E-state index in [1.54, 1.807) is 0 Å². The van der Waals surface area contributed by atoms with Crippen LogP contribution in [0.3, 0.4) is 0 Å². The molecule has 0 spiro atoms. The number of hydrogen-bond acceptors (Lipinski definition) is 4. The lowest BCUT2D eigenvalue weighted by molar-refractivity contribution is 0.0489. The van der Waals surface area contributed by atoms with Gasteiger partial charge < -0.3 is 15.4 Å². The molecule has 1 aliphatic carbocycles. The van der Waals surface area contributed by atoms with Crippen LogP contribution in [0.4, 0.5) is 4.79 Å². The Morgan fingerprint density at radius 2 is 2.17 bits per heavy atom. The molecule has 6 heteroatoms. The summed E-state index contributed by atoms with van der Waals surface area (Å²) in [7, 11) is 0. The first kappa shape index (κ1) is 20.0. The number of rotatable bonds is 5. The molecular weight excluding hydrogens is 435 g/mol. The molecule has 0 radical (unpaired) electrons. The third-order valence-electron chi connectivity index (χ3n) is 4.17. The normalized spacial score (nSPS) is 19.0. The van der Waals surface area contributed by atoms with Crippen molar-refractivity contribution in [1.29, 1.82) is 0 Å². The van der Waals surface area contributed by atoms with Gasteiger partial charge in [-0.25, -0.2) is 4.79 Å². The number of hydrogen-bond donors (Lipinski definition) is 2. The van der Waals surface area contributed by atoms with Crippen molar-refractivity contribution in [3.63, 3.8) is 0 Å². The second kappa shape index (κ2) is 8.36.